The van der Waals surface area contributed by atoms with Crippen LogP contribution >= 0.6 is 0 Å². The average Bonchev–Trinajstić information content (AvgIpc) is 3.08. The quantitative estimate of drug-likeness (QED) is 0.814. The van der Waals surface area contributed by atoms with Crippen LogP contribution in [0.5, 0.6) is 0 Å². The molecule has 1 aliphatic rings. The molecule has 1 fully saturated rings. The van der Waals surface area contributed by atoms with Crippen molar-refractivity contribution in [3.63, 3.8) is 0 Å². The Balaban J connectivity index is 1.47. The van der Waals surface area contributed by atoms with Crippen LogP contribution in [0.2, 0.25) is 0 Å². The molecule has 6 heteroatoms. The summed E-state index contributed by atoms with van der Waals surface area (Å²) in [6, 6.07) is 6.68. The van der Waals surface area contributed by atoms with Crippen LogP contribution in [0, 0.1) is 0 Å². The third-order valence-electron chi connectivity index (χ3n) is 4.81. The number of nitrogens with zero attached hydrogens (tertiary/aromatic N) is 6. The minimum atomic E-state index is 0.559. The van der Waals surface area contributed by atoms with Crippen molar-refractivity contribution < 1.29 is 0 Å². The third-order valence-corrected chi connectivity index (χ3v) is 4.81. The molecule has 2 aromatic heterocycles. The van der Waals surface area contributed by atoms with Gasteiger partial charge < -0.3 is 9.80 Å². The number of rotatable bonds is 6. The van der Waals surface area contributed by atoms with Crippen molar-refractivity contribution in [2.45, 2.75) is 38.8 Å². The van der Waals surface area contributed by atoms with Crippen LogP contribution in [0.3, 0.4) is 0 Å². The number of piperidine rings is 1. The van der Waals surface area contributed by atoms with Crippen molar-refractivity contribution in [1.29, 1.82) is 0 Å². The molecule has 1 aliphatic heterocycles. The molecule has 0 N–H and O–H groups in total. The highest BCUT2D eigenvalue weighted by molar-refractivity contribution is 5.36. The molecule has 1 saturated heterocycles. The second-order valence-corrected chi connectivity index (χ2v) is 6.15. The first-order chi connectivity index (χ1) is 11.3. The number of likely N-dealkylation sites (tertiary alicyclic amines) is 1. The van der Waals surface area contributed by atoms with Gasteiger partial charge in [-0.1, -0.05) is 0 Å². The zero-order chi connectivity index (χ0) is 16.1. The Hall–Kier alpha value is -1.95. The van der Waals surface area contributed by atoms with Crippen LogP contribution in [0.25, 0.3) is 0 Å². The predicted octanol–water partition coefficient (Wildman–Crippen LogP) is 1.84. The predicted molar refractivity (Wildman–Crippen MR) is 91.5 cm³/mol. The van der Waals surface area contributed by atoms with Crippen molar-refractivity contribution in [3.8, 4) is 0 Å². The Bertz CT molecular complexity index is 588. The molecule has 6 nitrogen and oxygen atoms in total. The number of aromatic nitrogens is 4. The molecular weight excluding hydrogens is 288 g/mol. The molecule has 0 spiro atoms. The van der Waals surface area contributed by atoms with Crippen molar-refractivity contribution in [1.82, 2.24) is 24.9 Å². The Morgan fingerprint density at radius 1 is 1.22 bits per heavy atom. The first-order valence-electron chi connectivity index (χ1n) is 8.51. The van der Waals surface area contributed by atoms with E-state index in [-0.39, 0.29) is 0 Å². The maximum atomic E-state index is 4.35. The Kier molecular flexibility index (Phi) is 5.23. The molecule has 0 amide bonds. The second kappa shape index (κ2) is 7.55. The van der Waals surface area contributed by atoms with Gasteiger partial charge in [0.15, 0.2) is 5.82 Å². The van der Waals surface area contributed by atoms with E-state index in [0.717, 1.165) is 38.4 Å². The van der Waals surface area contributed by atoms with Crippen LogP contribution in [-0.2, 0) is 13.0 Å². The maximum absolute atomic E-state index is 4.35. The SMILES string of the molecule is CCn1nccc1CCN1CCC(N(C)c2cccnn2)CC1. The fourth-order valence-electron chi connectivity index (χ4n) is 3.33. The van der Waals surface area contributed by atoms with Gasteiger partial charge in [0.2, 0.25) is 0 Å². The molecule has 2 aromatic rings. The van der Waals surface area contributed by atoms with Gasteiger partial charge in [-0.2, -0.15) is 10.2 Å². The molecule has 0 aromatic carbocycles. The van der Waals surface area contributed by atoms with Crippen LogP contribution in [-0.4, -0.2) is 57.6 Å². The smallest absolute Gasteiger partial charge is 0.151 e. The highest BCUT2D eigenvalue weighted by Crippen LogP contribution is 2.20. The minimum absolute atomic E-state index is 0.559. The van der Waals surface area contributed by atoms with E-state index in [1.165, 1.54) is 18.5 Å². The van der Waals surface area contributed by atoms with E-state index in [9.17, 15) is 0 Å². The zero-order valence-electron chi connectivity index (χ0n) is 14.1. The number of anilines is 1. The summed E-state index contributed by atoms with van der Waals surface area (Å²) in [4.78, 5) is 4.84. The molecule has 3 heterocycles. The lowest BCUT2D eigenvalue weighted by Gasteiger charge is -2.37. The van der Waals surface area contributed by atoms with Crippen molar-refractivity contribution >= 4 is 5.82 Å². The Labute approximate surface area is 138 Å². The van der Waals surface area contributed by atoms with Crippen LogP contribution in [0.15, 0.2) is 30.6 Å². The average molecular weight is 314 g/mol. The zero-order valence-corrected chi connectivity index (χ0v) is 14.1. The van der Waals surface area contributed by atoms with Gasteiger partial charge >= 0.3 is 0 Å². The molecule has 0 unspecified atom stereocenters. The van der Waals surface area contributed by atoms with Crippen molar-refractivity contribution in [2.75, 3.05) is 31.6 Å². The summed E-state index contributed by atoms with van der Waals surface area (Å²) in [6.07, 6.45) is 7.07. The van der Waals surface area contributed by atoms with Crippen LogP contribution in [0.4, 0.5) is 5.82 Å². The summed E-state index contributed by atoms with van der Waals surface area (Å²) < 4.78 is 2.09. The molecule has 0 aliphatic carbocycles. The molecule has 124 valence electrons. The molecule has 23 heavy (non-hydrogen) atoms. The first kappa shape index (κ1) is 15.9. The Morgan fingerprint density at radius 2 is 2.04 bits per heavy atom. The summed E-state index contributed by atoms with van der Waals surface area (Å²) in [5, 5.41) is 12.5. The first-order valence-corrected chi connectivity index (χ1v) is 8.51. The van der Waals surface area contributed by atoms with E-state index in [1.807, 2.05) is 18.3 Å². The fraction of sp³-hybridized carbons (Fsp3) is 0.588. The van der Waals surface area contributed by atoms with Crippen LogP contribution < -0.4 is 4.90 Å². The highest BCUT2D eigenvalue weighted by atomic mass is 15.3. The lowest BCUT2D eigenvalue weighted by atomic mass is 10.0. The van der Waals surface area contributed by atoms with Gasteiger partial charge in [-0.3, -0.25) is 4.68 Å². The Morgan fingerprint density at radius 3 is 2.74 bits per heavy atom. The normalized spacial score (nSPS) is 16.6. The number of hydrogen-bond donors (Lipinski definition) is 0. The van der Waals surface area contributed by atoms with E-state index in [0.29, 0.717) is 6.04 Å². The monoisotopic (exact) mass is 314 g/mol. The standard InChI is InChI=1S/C17H26N6/c1-3-23-16(6-11-19-23)9-14-22-12-7-15(8-13-22)21(2)17-5-4-10-18-20-17/h4-6,10-11,15H,3,7-9,12-14H2,1-2H3. The van der Waals surface area contributed by atoms with Gasteiger partial charge in [-0.25, -0.2) is 0 Å². The lowest BCUT2D eigenvalue weighted by molar-refractivity contribution is 0.211. The largest absolute Gasteiger partial charge is 0.355 e. The lowest BCUT2D eigenvalue weighted by Crippen LogP contribution is -2.44. The summed E-state index contributed by atoms with van der Waals surface area (Å²) in [5.74, 6) is 0.970. The maximum Gasteiger partial charge on any atom is 0.151 e. The summed E-state index contributed by atoms with van der Waals surface area (Å²) in [6.45, 7) is 6.51. The fourth-order valence-corrected chi connectivity index (χ4v) is 3.33. The molecule has 0 radical (unpaired) electrons. The van der Waals surface area contributed by atoms with E-state index in [2.05, 4.69) is 49.8 Å². The molecule has 3 rings (SSSR count). The number of aryl methyl sites for hydroxylation is 1. The van der Waals surface area contributed by atoms with Gasteiger partial charge in [0.25, 0.3) is 0 Å². The van der Waals surface area contributed by atoms with E-state index >= 15 is 0 Å². The van der Waals surface area contributed by atoms with Crippen LogP contribution in [0.1, 0.15) is 25.5 Å². The second-order valence-electron chi connectivity index (χ2n) is 6.15. The van der Waals surface area contributed by atoms with Gasteiger partial charge in [0.1, 0.15) is 0 Å². The molecular formula is C17H26N6. The van der Waals surface area contributed by atoms with E-state index in [4.69, 9.17) is 0 Å². The molecule has 0 saturated carbocycles. The summed E-state index contributed by atoms with van der Waals surface area (Å²) in [5.41, 5.74) is 1.34. The summed E-state index contributed by atoms with van der Waals surface area (Å²) >= 11 is 0. The molecule has 0 atom stereocenters. The third kappa shape index (κ3) is 3.88. The van der Waals surface area contributed by atoms with Crippen molar-refractivity contribution in [2.24, 2.45) is 0 Å². The van der Waals surface area contributed by atoms with Gasteiger partial charge in [0, 0.05) is 63.8 Å². The van der Waals surface area contributed by atoms with E-state index in [1.54, 1.807) is 6.20 Å². The number of hydrogen-bond acceptors (Lipinski definition) is 5. The highest BCUT2D eigenvalue weighted by Gasteiger charge is 2.23. The molecule has 0 bridgehead atoms. The van der Waals surface area contributed by atoms with Crippen molar-refractivity contribution in [3.05, 3.63) is 36.3 Å². The van der Waals surface area contributed by atoms with E-state index < -0.39 is 0 Å². The topological polar surface area (TPSA) is 50.1 Å². The van der Waals surface area contributed by atoms with Gasteiger partial charge in [-0.05, 0) is 38.0 Å². The summed E-state index contributed by atoms with van der Waals surface area (Å²) in [7, 11) is 2.13. The van der Waals surface area contributed by atoms with Gasteiger partial charge in [0.05, 0.1) is 0 Å². The minimum Gasteiger partial charge on any atom is -0.355 e. The van der Waals surface area contributed by atoms with Gasteiger partial charge in [-0.15, -0.1) is 5.10 Å².